The lowest BCUT2D eigenvalue weighted by atomic mass is 10.4. The highest BCUT2D eigenvalue weighted by molar-refractivity contribution is 5.71. The molecule has 7 heteroatoms. The van der Waals surface area contributed by atoms with Gasteiger partial charge in [0, 0.05) is 6.10 Å². The zero-order valence-corrected chi connectivity index (χ0v) is 12.0. The molecule has 0 heterocycles. The number of aliphatic hydroxyl groups excluding tert-OH is 2. The fourth-order valence-electron chi connectivity index (χ4n) is 0.385. The number of carboxylic acid groups (broad SMARTS) is 1. The summed E-state index contributed by atoms with van der Waals surface area (Å²) >= 11 is 0. The minimum Gasteiger partial charge on any atom is -0.479 e. The van der Waals surface area contributed by atoms with Crippen LogP contribution >= 0.6 is 0 Å². The second-order valence-corrected chi connectivity index (χ2v) is 3.72. The number of aliphatic carboxylic acids is 1. The van der Waals surface area contributed by atoms with Gasteiger partial charge >= 0.3 is 5.97 Å². The molecule has 0 amide bonds. The van der Waals surface area contributed by atoms with Gasteiger partial charge in [0.05, 0.1) is 0 Å². The van der Waals surface area contributed by atoms with Crippen LogP contribution in [0.4, 0.5) is 0 Å². The van der Waals surface area contributed by atoms with Crippen LogP contribution in [0.1, 0.15) is 20.8 Å². The molecule has 1 aromatic rings. The minimum atomic E-state index is -1.23. The largest absolute Gasteiger partial charge is 0.479 e. The number of hydrogen-bond acceptors (Lipinski definition) is 4. The first kappa shape index (κ1) is 23.0. The average Bonchev–Trinajstić information content (AvgIpc) is 2.30. The summed E-state index contributed by atoms with van der Waals surface area (Å²) in [4.78, 5) is 9.45. The Morgan fingerprint density at radius 2 is 1.05 bits per heavy atom. The van der Waals surface area contributed by atoms with Crippen molar-refractivity contribution in [1.82, 2.24) is 0 Å². The third-order valence-electron chi connectivity index (χ3n) is 1.02. The van der Waals surface area contributed by atoms with Gasteiger partial charge in [0.15, 0.2) is 5.96 Å². The third-order valence-corrected chi connectivity index (χ3v) is 1.02. The van der Waals surface area contributed by atoms with Gasteiger partial charge in [-0.25, -0.2) is 4.79 Å². The Bertz CT molecular complexity index is 296. The van der Waals surface area contributed by atoms with Gasteiger partial charge in [-0.3, -0.25) is 5.41 Å². The number of rotatable bonds is 1. The second-order valence-electron chi connectivity index (χ2n) is 3.72. The molecule has 116 valence electrons. The molecule has 1 rings (SSSR count). The van der Waals surface area contributed by atoms with Crippen LogP contribution in [-0.2, 0) is 4.79 Å². The predicted octanol–water partition coefficient (Wildman–Crippen LogP) is 0.364. The smallest absolute Gasteiger partial charge is 0.332 e. The number of benzene rings is 1. The zero-order valence-electron chi connectivity index (χ0n) is 12.0. The Balaban J connectivity index is -0.000000197. The number of nitrogens with one attached hydrogen (secondary N) is 1. The van der Waals surface area contributed by atoms with Gasteiger partial charge in [0.1, 0.15) is 6.10 Å². The fraction of sp³-hybridized carbons (Fsp3) is 0.385. The van der Waals surface area contributed by atoms with E-state index in [0.29, 0.717) is 0 Å². The van der Waals surface area contributed by atoms with Crippen LogP contribution in [-0.4, -0.2) is 39.5 Å². The van der Waals surface area contributed by atoms with Crippen LogP contribution < -0.4 is 11.5 Å². The van der Waals surface area contributed by atoms with Crippen LogP contribution in [0, 0.1) is 5.41 Å². The van der Waals surface area contributed by atoms with E-state index in [1.54, 1.807) is 13.8 Å². The van der Waals surface area contributed by atoms with Gasteiger partial charge in [0.25, 0.3) is 0 Å². The number of nitrogens with two attached hydrogens (primary N) is 2. The molecule has 0 aliphatic heterocycles. The van der Waals surface area contributed by atoms with Crippen molar-refractivity contribution in [3.8, 4) is 0 Å². The van der Waals surface area contributed by atoms with Crippen LogP contribution in [0.15, 0.2) is 36.4 Å². The topological polar surface area (TPSA) is 154 Å². The Labute approximate surface area is 119 Å². The Kier molecular flexibility index (Phi) is 19.4. The van der Waals surface area contributed by atoms with Crippen LogP contribution in [0.3, 0.4) is 0 Å². The highest BCUT2D eigenvalue weighted by atomic mass is 16.4. The SMILES string of the molecule is CC(C)O.CC(O)C(=O)O.N=C(N)N.c1ccccc1. The van der Waals surface area contributed by atoms with E-state index in [0.717, 1.165) is 0 Å². The highest BCUT2D eigenvalue weighted by Gasteiger charge is 2.01. The molecule has 0 spiro atoms. The maximum Gasteiger partial charge on any atom is 0.332 e. The minimum absolute atomic E-state index is 0.167. The first-order chi connectivity index (χ1) is 9.11. The van der Waals surface area contributed by atoms with Crippen molar-refractivity contribution >= 4 is 11.9 Å². The quantitative estimate of drug-likeness (QED) is 0.324. The van der Waals surface area contributed by atoms with E-state index in [-0.39, 0.29) is 12.1 Å². The van der Waals surface area contributed by atoms with Crippen LogP contribution in [0.5, 0.6) is 0 Å². The van der Waals surface area contributed by atoms with Gasteiger partial charge in [0.2, 0.25) is 0 Å². The van der Waals surface area contributed by atoms with E-state index >= 15 is 0 Å². The van der Waals surface area contributed by atoms with Gasteiger partial charge in [-0.1, -0.05) is 36.4 Å². The number of aliphatic hydroxyl groups is 2. The molecule has 20 heavy (non-hydrogen) atoms. The van der Waals surface area contributed by atoms with Crippen molar-refractivity contribution in [3.05, 3.63) is 36.4 Å². The van der Waals surface area contributed by atoms with Crippen molar-refractivity contribution in [2.75, 3.05) is 0 Å². The number of hydrogen-bond donors (Lipinski definition) is 6. The normalized spacial score (nSPS) is 9.50. The van der Waals surface area contributed by atoms with Gasteiger partial charge < -0.3 is 26.8 Å². The van der Waals surface area contributed by atoms with E-state index in [2.05, 4.69) is 11.5 Å². The number of guanidine groups is 1. The molecule has 0 saturated carbocycles. The van der Waals surface area contributed by atoms with Gasteiger partial charge in [-0.2, -0.15) is 0 Å². The number of carbonyl (C=O) groups is 1. The zero-order chi connectivity index (χ0) is 16.6. The molecule has 0 aromatic heterocycles. The second kappa shape index (κ2) is 16.9. The molecule has 1 atom stereocenters. The molecule has 0 fully saturated rings. The molecule has 8 N–H and O–H groups in total. The van der Waals surface area contributed by atoms with Crippen molar-refractivity contribution in [3.63, 3.8) is 0 Å². The average molecular weight is 287 g/mol. The standard InChI is InChI=1S/C6H6.C3H6O3.C3H8O.CH5N3/c1-2-4-6-5-3-1;1-2(4)3(5)6;1-3(2)4;2-1(3)4/h1-6H;2,4H,1H3,(H,5,6);3-4H,1-2H3;(H5,2,3,4). The molecule has 7 nitrogen and oxygen atoms in total. The van der Waals surface area contributed by atoms with Crippen molar-refractivity contribution in [2.45, 2.75) is 33.0 Å². The molecule has 0 aliphatic rings. The molecular formula is C13H25N3O4. The van der Waals surface area contributed by atoms with Gasteiger partial charge in [-0.05, 0) is 20.8 Å². The highest BCUT2D eigenvalue weighted by Crippen LogP contribution is 1.79. The maximum atomic E-state index is 9.45. The Morgan fingerprint density at radius 1 is 0.950 bits per heavy atom. The summed E-state index contributed by atoms with van der Waals surface area (Å²) in [5.41, 5.74) is 8.94. The summed E-state index contributed by atoms with van der Waals surface area (Å²) in [6.07, 6.45) is -1.40. The number of carboxylic acids is 1. The first-order valence-electron chi connectivity index (χ1n) is 5.79. The molecule has 0 aliphatic carbocycles. The van der Waals surface area contributed by atoms with E-state index in [1.165, 1.54) is 6.92 Å². The van der Waals surface area contributed by atoms with Gasteiger partial charge in [-0.15, -0.1) is 0 Å². The Morgan fingerprint density at radius 3 is 1.10 bits per heavy atom. The molecule has 0 radical (unpaired) electrons. The monoisotopic (exact) mass is 287 g/mol. The summed E-state index contributed by atoms with van der Waals surface area (Å²) in [7, 11) is 0. The molecule has 1 unspecified atom stereocenters. The van der Waals surface area contributed by atoms with Crippen molar-refractivity contribution in [2.24, 2.45) is 11.5 Å². The predicted molar refractivity (Wildman–Crippen MR) is 79.2 cm³/mol. The van der Waals surface area contributed by atoms with Crippen molar-refractivity contribution in [1.29, 1.82) is 5.41 Å². The lowest BCUT2D eigenvalue weighted by molar-refractivity contribution is -0.145. The lowest BCUT2D eigenvalue weighted by Crippen LogP contribution is -2.20. The van der Waals surface area contributed by atoms with Crippen LogP contribution in [0.2, 0.25) is 0 Å². The molecule has 0 saturated heterocycles. The summed E-state index contributed by atoms with van der Waals surface area (Å²) in [5, 5.41) is 29.9. The third kappa shape index (κ3) is 56.6. The van der Waals surface area contributed by atoms with Crippen LogP contribution in [0.25, 0.3) is 0 Å². The first-order valence-corrected chi connectivity index (χ1v) is 5.79. The summed E-state index contributed by atoms with van der Waals surface area (Å²) in [6.45, 7) is 4.64. The summed E-state index contributed by atoms with van der Waals surface area (Å²) in [5.74, 6) is -1.52. The van der Waals surface area contributed by atoms with E-state index in [1.807, 2.05) is 36.4 Å². The molecular weight excluding hydrogens is 262 g/mol. The van der Waals surface area contributed by atoms with E-state index in [4.69, 9.17) is 20.7 Å². The molecule has 1 aromatic carbocycles. The maximum absolute atomic E-state index is 9.45. The molecule has 0 bridgehead atoms. The lowest BCUT2D eigenvalue weighted by Gasteiger charge is -1.89. The summed E-state index contributed by atoms with van der Waals surface area (Å²) in [6, 6.07) is 12.0. The summed E-state index contributed by atoms with van der Waals surface area (Å²) < 4.78 is 0. The van der Waals surface area contributed by atoms with Crippen molar-refractivity contribution < 1.29 is 20.1 Å². The fourth-order valence-corrected chi connectivity index (χ4v) is 0.385. The Hall–Kier alpha value is -2.12. The van der Waals surface area contributed by atoms with E-state index < -0.39 is 12.1 Å². The van der Waals surface area contributed by atoms with E-state index in [9.17, 15) is 4.79 Å².